The summed E-state index contributed by atoms with van der Waals surface area (Å²) in [6, 6.07) is -0.587. The summed E-state index contributed by atoms with van der Waals surface area (Å²) in [5.74, 6) is 1.11. The Morgan fingerprint density at radius 2 is 1.77 bits per heavy atom. The van der Waals surface area contributed by atoms with Crippen molar-refractivity contribution in [3.05, 3.63) is 0 Å². The van der Waals surface area contributed by atoms with E-state index in [9.17, 15) is 9.59 Å². The summed E-state index contributed by atoms with van der Waals surface area (Å²) < 4.78 is 0. The fourth-order valence-corrected chi connectivity index (χ4v) is 3.81. The average molecular weight is 330 g/mol. The Bertz CT molecular complexity index is 336. The van der Waals surface area contributed by atoms with Gasteiger partial charge in [-0.1, -0.05) is 51.9 Å². The third-order valence-corrected chi connectivity index (χ3v) is 5.28. The van der Waals surface area contributed by atoms with Crippen LogP contribution in [-0.4, -0.2) is 46.0 Å². The summed E-state index contributed by atoms with van der Waals surface area (Å²) in [6.07, 6.45) is 11.5. The molecule has 0 aromatic rings. The first-order valence-electron chi connectivity index (χ1n) is 8.76. The number of carboxylic acids is 1. The molecule has 22 heavy (non-hydrogen) atoms. The molecule has 1 N–H and O–H groups in total. The lowest BCUT2D eigenvalue weighted by atomic mass is 10.1. The minimum Gasteiger partial charge on any atom is -0.480 e. The number of hydrogen-bond donors (Lipinski definition) is 1. The largest absolute Gasteiger partial charge is 0.480 e. The number of amides is 1. The van der Waals surface area contributed by atoms with Gasteiger partial charge in [-0.25, -0.2) is 4.79 Å². The summed E-state index contributed by atoms with van der Waals surface area (Å²) in [5.41, 5.74) is 0. The van der Waals surface area contributed by atoms with E-state index in [1.807, 2.05) is 11.8 Å². The molecule has 1 unspecified atom stereocenters. The SMILES string of the molecule is CCCCCCCCCCSCCN1C(=O)CCC1C(=O)O. The lowest BCUT2D eigenvalue weighted by Gasteiger charge is -2.21. The van der Waals surface area contributed by atoms with Crippen LogP contribution in [0.3, 0.4) is 0 Å². The molecule has 1 fully saturated rings. The van der Waals surface area contributed by atoms with Gasteiger partial charge in [0.05, 0.1) is 0 Å². The number of unbranched alkanes of at least 4 members (excludes halogenated alkanes) is 7. The van der Waals surface area contributed by atoms with Crippen LogP contribution in [0, 0.1) is 0 Å². The van der Waals surface area contributed by atoms with E-state index in [1.165, 1.54) is 51.4 Å². The minimum atomic E-state index is -0.862. The van der Waals surface area contributed by atoms with Crippen LogP contribution in [-0.2, 0) is 9.59 Å². The smallest absolute Gasteiger partial charge is 0.326 e. The van der Waals surface area contributed by atoms with E-state index in [1.54, 1.807) is 4.90 Å². The first-order chi connectivity index (χ1) is 10.7. The minimum absolute atomic E-state index is 0.0000734. The van der Waals surface area contributed by atoms with Gasteiger partial charge in [0.25, 0.3) is 0 Å². The van der Waals surface area contributed by atoms with Gasteiger partial charge in [0.2, 0.25) is 5.91 Å². The van der Waals surface area contributed by atoms with Crippen molar-refractivity contribution in [1.82, 2.24) is 4.90 Å². The standard InChI is InChI=1S/C17H31NO3S/c1-2-3-4-5-6-7-8-9-13-22-14-12-18-15(17(20)21)10-11-16(18)19/h15H,2-14H2,1H3,(H,20,21). The zero-order chi connectivity index (χ0) is 16.2. The highest BCUT2D eigenvalue weighted by atomic mass is 32.2. The molecular weight excluding hydrogens is 298 g/mol. The second kappa shape index (κ2) is 11.8. The molecule has 1 rings (SSSR count). The van der Waals surface area contributed by atoms with Crippen molar-refractivity contribution in [2.24, 2.45) is 0 Å². The highest BCUT2D eigenvalue weighted by Gasteiger charge is 2.35. The number of hydrogen-bond acceptors (Lipinski definition) is 3. The third-order valence-electron chi connectivity index (χ3n) is 4.23. The van der Waals surface area contributed by atoms with Crippen molar-refractivity contribution in [3.8, 4) is 0 Å². The van der Waals surface area contributed by atoms with Gasteiger partial charge in [-0.2, -0.15) is 11.8 Å². The molecule has 5 heteroatoms. The molecule has 1 atom stereocenters. The van der Waals surface area contributed by atoms with Gasteiger partial charge in [0, 0.05) is 18.7 Å². The Kier molecular flexibility index (Phi) is 10.4. The van der Waals surface area contributed by atoms with E-state index in [4.69, 9.17) is 5.11 Å². The number of carbonyl (C=O) groups is 2. The van der Waals surface area contributed by atoms with Crippen LogP contribution < -0.4 is 0 Å². The second-order valence-corrected chi connectivity index (χ2v) is 7.29. The highest BCUT2D eigenvalue weighted by Crippen LogP contribution is 2.20. The van der Waals surface area contributed by atoms with E-state index in [2.05, 4.69) is 6.92 Å². The average Bonchev–Trinajstić information content (AvgIpc) is 2.86. The van der Waals surface area contributed by atoms with Crippen molar-refractivity contribution in [2.45, 2.75) is 77.2 Å². The summed E-state index contributed by atoms with van der Waals surface area (Å²) in [4.78, 5) is 24.3. The number of aliphatic carboxylic acids is 1. The maximum atomic E-state index is 11.7. The maximum absolute atomic E-state index is 11.7. The Hall–Kier alpha value is -0.710. The van der Waals surface area contributed by atoms with Crippen LogP contribution in [0.2, 0.25) is 0 Å². The molecule has 0 aromatic carbocycles. The molecule has 0 radical (unpaired) electrons. The summed E-state index contributed by atoms with van der Waals surface area (Å²) in [6.45, 7) is 2.82. The highest BCUT2D eigenvalue weighted by molar-refractivity contribution is 7.99. The lowest BCUT2D eigenvalue weighted by molar-refractivity contribution is -0.146. The number of nitrogens with zero attached hydrogens (tertiary/aromatic N) is 1. The molecule has 1 saturated heterocycles. The first kappa shape index (κ1) is 19.3. The number of carbonyl (C=O) groups excluding carboxylic acids is 1. The topological polar surface area (TPSA) is 57.6 Å². The maximum Gasteiger partial charge on any atom is 0.326 e. The molecule has 0 spiro atoms. The number of likely N-dealkylation sites (tertiary alicyclic amines) is 1. The second-order valence-electron chi connectivity index (χ2n) is 6.07. The zero-order valence-electron chi connectivity index (χ0n) is 13.9. The molecule has 0 bridgehead atoms. The van der Waals surface area contributed by atoms with Crippen molar-refractivity contribution in [2.75, 3.05) is 18.1 Å². The molecule has 0 aromatic heterocycles. The van der Waals surface area contributed by atoms with Crippen LogP contribution >= 0.6 is 11.8 Å². The molecule has 1 amide bonds. The van der Waals surface area contributed by atoms with Crippen molar-refractivity contribution in [1.29, 1.82) is 0 Å². The van der Waals surface area contributed by atoms with E-state index < -0.39 is 12.0 Å². The van der Waals surface area contributed by atoms with Gasteiger partial charge >= 0.3 is 5.97 Å². The van der Waals surface area contributed by atoms with Gasteiger partial charge in [-0.05, 0) is 18.6 Å². The molecule has 0 saturated carbocycles. The van der Waals surface area contributed by atoms with Crippen molar-refractivity contribution >= 4 is 23.6 Å². The van der Waals surface area contributed by atoms with Gasteiger partial charge in [-0.15, -0.1) is 0 Å². The Morgan fingerprint density at radius 3 is 2.41 bits per heavy atom. The van der Waals surface area contributed by atoms with E-state index in [0.717, 1.165) is 11.5 Å². The molecule has 4 nitrogen and oxygen atoms in total. The molecule has 1 heterocycles. The number of thioether (sulfide) groups is 1. The van der Waals surface area contributed by atoms with E-state index >= 15 is 0 Å². The molecule has 128 valence electrons. The third kappa shape index (κ3) is 7.52. The molecule has 0 aliphatic carbocycles. The van der Waals surface area contributed by atoms with E-state index in [0.29, 0.717) is 19.4 Å². The van der Waals surface area contributed by atoms with Gasteiger partial charge in [-0.3, -0.25) is 4.79 Å². The predicted molar refractivity (Wildman–Crippen MR) is 92.3 cm³/mol. The first-order valence-corrected chi connectivity index (χ1v) is 9.92. The molecule has 1 aliphatic heterocycles. The lowest BCUT2D eigenvalue weighted by Crippen LogP contribution is -2.39. The van der Waals surface area contributed by atoms with Gasteiger partial charge in [0.1, 0.15) is 6.04 Å². The quantitative estimate of drug-likeness (QED) is 0.520. The summed E-state index contributed by atoms with van der Waals surface area (Å²) in [7, 11) is 0. The van der Waals surface area contributed by atoms with Gasteiger partial charge < -0.3 is 10.0 Å². The van der Waals surface area contributed by atoms with Crippen molar-refractivity contribution in [3.63, 3.8) is 0 Å². The fourth-order valence-electron chi connectivity index (χ4n) is 2.87. The Morgan fingerprint density at radius 1 is 1.14 bits per heavy atom. The normalized spacial score (nSPS) is 18.1. The fraction of sp³-hybridized carbons (Fsp3) is 0.882. The van der Waals surface area contributed by atoms with Crippen molar-refractivity contribution < 1.29 is 14.7 Å². The van der Waals surface area contributed by atoms with Crippen LogP contribution in [0.1, 0.15) is 71.1 Å². The Labute approximate surface area is 139 Å². The molecular formula is C17H31NO3S. The molecule has 1 aliphatic rings. The van der Waals surface area contributed by atoms with Crippen LogP contribution in [0.4, 0.5) is 0 Å². The zero-order valence-corrected chi connectivity index (χ0v) is 14.7. The van der Waals surface area contributed by atoms with E-state index in [-0.39, 0.29) is 5.91 Å². The van der Waals surface area contributed by atoms with Crippen LogP contribution in [0.25, 0.3) is 0 Å². The van der Waals surface area contributed by atoms with Crippen LogP contribution in [0.15, 0.2) is 0 Å². The number of carboxylic acid groups (broad SMARTS) is 1. The van der Waals surface area contributed by atoms with Gasteiger partial charge in [0.15, 0.2) is 0 Å². The predicted octanol–water partition coefficient (Wildman–Crippen LogP) is 3.94. The Balaban J connectivity index is 1.95. The summed E-state index contributed by atoms with van der Waals surface area (Å²) in [5, 5.41) is 9.08. The number of rotatable bonds is 13. The monoisotopic (exact) mass is 329 g/mol. The van der Waals surface area contributed by atoms with Crippen LogP contribution in [0.5, 0.6) is 0 Å². The summed E-state index contributed by atoms with van der Waals surface area (Å²) >= 11 is 1.84.